The maximum Gasteiger partial charge on any atom is 0.307 e. The molecule has 0 bridgehead atoms. The zero-order valence-electron chi connectivity index (χ0n) is 25.6. The predicted molar refractivity (Wildman–Crippen MR) is 171 cm³/mol. The maximum absolute atomic E-state index is 13.4. The van der Waals surface area contributed by atoms with Crippen molar-refractivity contribution < 1.29 is 34.4 Å². The zero-order chi connectivity index (χ0) is 32.0. The van der Waals surface area contributed by atoms with Crippen LogP contribution in [0, 0.1) is 23.7 Å². The van der Waals surface area contributed by atoms with E-state index in [1.54, 1.807) is 36.4 Å². The van der Waals surface area contributed by atoms with Crippen LogP contribution >= 0.6 is 0 Å². The minimum absolute atomic E-state index is 0.224. The molecule has 2 saturated carbocycles. The van der Waals surface area contributed by atoms with E-state index >= 15 is 0 Å². The number of benzene rings is 3. The van der Waals surface area contributed by atoms with E-state index in [9.17, 15) is 29.7 Å². The third-order valence-electron chi connectivity index (χ3n) is 9.15. The molecule has 45 heavy (non-hydrogen) atoms. The Hall–Kier alpha value is -4.21. The molecule has 5 rings (SSSR count). The van der Waals surface area contributed by atoms with Gasteiger partial charge in [0.15, 0.2) is 5.79 Å². The van der Waals surface area contributed by atoms with Crippen LogP contribution in [0.5, 0.6) is 11.5 Å². The molecule has 0 aliphatic heterocycles. The average molecular weight is 615 g/mol. The first-order chi connectivity index (χ1) is 21.6. The topological polar surface area (TPSA) is 145 Å². The van der Waals surface area contributed by atoms with Gasteiger partial charge in [0, 0.05) is 23.2 Å². The number of hydrogen-bond acceptors (Lipinski definition) is 6. The lowest BCUT2D eigenvalue weighted by Gasteiger charge is -2.37. The van der Waals surface area contributed by atoms with Crippen LogP contribution in [0.1, 0.15) is 69.4 Å². The highest BCUT2D eigenvalue weighted by atomic mass is 16.5. The molecule has 0 unspecified atom stereocenters. The number of carbonyl (C=O) groups excluding carboxylic acids is 2. The highest BCUT2D eigenvalue weighted by Gasteiger charge is 2.41. The molecule has 3 aromatic rings. The number of rotatable bonds is 10. The van der Waals surface area contributed by atoms with Gasteiger partial charge in [0.25, 0.3) is 0 Å². The Kier molecular flexibility index (Phi) is 10.2. The van der Waals surface area contributed by atoms with Crippen LogP contribution in [0.25, 0.3) is 0 Å². The summed E-state index contributed by atoms with van der Waals surface area (Å²) in [5.74, 6) is -4.49. The molecule has 9 heteroatoms. The van der Waals surface area contributed by atoms with Crippen LogP contribution in [-0.4, -0.2) is 38.9 Å². The standard InChI is InChI=1S/C36H42N2O7/c1-36(43,44)31-14-8-7-13-30(31)34(40)38-32-20-19-27(22-24(32)21-23-9-3-2-4-10-23)45-26-17-15-25(16-18-26)37-33(39)28-11-5-6-12-29(28)35(41)42/h2-4,9-10,15-20,22,28-31,43-44H,5-8,11-14,21H2,1H3,(H,37,39)(H,38,40)(H,41,42)/t28-,29+,30+,31-/m0/s1. The molecule has 2 fully saturated rings. The van der Waals surface area contributed by atoms with Crippen LogP contribution in [-0.2, 0) is 20.8 Å². The van der Waals surface area contributed by atoms with Crippen molar-refractivity contribution >= 4 is 29.2 Å². The molecule has 0 saturated heterocycles. The van der Waals surface area contributed by atoms with Gasteiger partial charge in [-0.3, -0.25) is 14.4 Å². The molecule has 0 aromatic heterocycles. The van der Waals surface area contributed by atoms with E-state index < -0.39 is 35.4 Å². The molecule has 0 spiro atoms. The first-order valence-electron chi connectivity index (χ1n) is 15.8. The Morgan fingerprint density at radius 2 is 1.36 bits per heavy atom. The SMILES string of the molecule is CC(O)(O)[C@H]1CCCC[C@H]1C(=O)Nc1ccc(Oc2ccc(NC(=O)[C@H]3CCCC[C@H]3C(=O)O)cc2)cc1Cc1ccccc1. The molecule has 2 aliphatic rings. The normalized spacial score (nSPS) is 21.8. The fourth-order valence-corrected chi connectivity index (χ4v) is 6.76. The number of amides is 2. The summed E-state index contributed by atoms with van der Waals surface area (Å²) in [5, 5.41) is 36.1. The van der Waals surface area contributed by atoms with E-state index in [1.807, 2.05) is 36.4 Å². The Morgan fingerprint density at radius 1 is 0.756 bits per heavy atom. The van der Waals surface area contributed by atoms with Gasteiger partial charge in [0.2, 0.25) is 11.8 Å². The lowest BCUT2D eigenvalue weighted by atomic mass is 9.74. The first-order valence-corrected chi connectivity index (χ1v) is 15.8. The number of carboxylic acids is 1. The lowest BCUT2D eigenvalue weighted by molar-refractivity contribution is -0.204. The van der Waals surface area contributed by atoms with Gasteiger partial charge in [0.05, 0.1) is 11.8 Å². The smallest absolute Gasteiger partial charge is 0.307 e. The summed E-state index contributed by atoms with van der Waals surface area (Å²) in [6.45, 7) is 1.35. The van der Waals surface area contributed by atoms with Gasteiger partial charge in [-0.05, 0) is 92.6 Å². The molecule has 4 atom stereocenters. The van der Waals surface area contributed by atoms with Crippen molar-refractivity contribution in [3.63, 3.8) is 0 Å². The predicted octanol–water partition coefficient (Wildman–Crippen LogP) is 6.34. The second-order valence-electron chi connectivity index (χ2n) is 12.5. The van der Waals surface area contributed by atoms with Crippen molar-refractivity contribution in [1.29, 1.82) is 0 Å². The van der Waals surface area contributed by atoms with Gasteiger partial charge in [-0.1, -0.05) is 56.0 Å². The minimum Gasteiger partial charge on any atom is -0.481 e. The van der Waals surface area contributed by atoms with Crippen LogP contribution in [0.4, 0.5) is 11.4 Å². The Morgan fingerprint density at radius 3 is 2.02 bits per heavy atom. The second-order valence-corrected chi connectivity index (χ2v) is 12.5. The highest BCUT2D eigenvalue weighted by Crippen LogP contribution is 2.38. The third-order valence-corrected chi connectivity index (χ3v) is 9.15. The monoisotopic (exact) mass is 614 g/mol. The van der Waals surface area contributed by atoms with E-state index in [0.717, 1.165) is 36.8 Å². The molecular formula is C36H42N2O7. The van der Waals surface area contributed by atoms with Crippen LogP contribution in [0.2, 0.25) is 0 Å². The van der Waals surface area contributed by atoms with Crippen molar-refractivity contribution in [3.05, 3.63) is 83.9 Å². The summed E-state index contributed by atoms with van der Waals surface area (Å²) >= 11 is 0. The van der Waals surface area contributed by atoms with Crippen LogP contribution in [0.3, 0.4) is 0 Å². The van der Waals surface area contributed by atoms with Crippen molar-refractivity contribution in [2.75, 3.05) is 10.6 Å². The number of aliphatic carboxylic acids is 1. The van der Waals surface area contributed by atoms with Gasteiger partial charge < -0.3 is 30.7 Å². The second kappa shape index (κ2) is 14.3. The molecular weight excluding hydrogens is 572 g/mol. The van der Waals surface area contributed by atoms with Gasteiger partial charge in [0.1, 0.15) is 11.5 Å². The van der Waals surface area contributed by atoms with E-state index in [0.29, 0.717) is 55.0 Å². The average Bonchev–Trinajstić information content (AvgIpc) is 3.03. The molecule has 3 aromatic carbocycles. The van der Waals surface area contributed by atoms with E-state index in [2.05, 4.69) is 10.6 Å². The van der Waals surface area contributed by atoms with E-state index in [4.69, 9.17) is 4.74 Å². The van der Waals surface area contributed by atoms with Crippen molar-refractivity contribution in [2.45, 2.75) is 70.5 Å². The van der Waals surface area contributed by atoms with Gasteiger partial charge in [-0.15, -0.1) is 0 Å². The molecule has 238 valence electrons. The van der Waals surface area contributed by atoms with Crippen molar-refractivity contribution in [2.24, 2.45) is 23.7 Å². The molecule has 9 nitrogen and oxygen atoms in total. The summed E-state index contributed by atoms with van der Waals surface area (Å²) in [6, 6.07) is 22.3. The number of carbonyl (C=O) groups is 3. The van der Waals surface area contributed by atoms with Crippen LogP contribution < -0.4 is 15.4 Å². The number of aliphatic hydroxyl groups is 2. The summed E-state index contributed by atoms with van der Waals surface area (Å²) in [4.78, 5) is 37.9. The molecule has 2 amide bonds. The molecule has 2 aliphatic carbocycles. The van der Waals surface area contributed by atoms with Crippen LogP contribution in [0.15, 0.2) is 72.8 Å². The maximum atomic E-state index is 13.4. The third kappa shape index (κ3) is 8.29. The van der Waals surface area contributed by atoms with Crippen molar-refractivity contribution in [3.8, 4) is 11.5 Å². The van der Waals surface area contributed by atoms with E-state index in [1.165, 1.54) is 6.92 Å². The van der Waals surface area contributed by atoms with Gasteiger partial charge in [-0.25, -0.2) is 0 Å². The molecule has 5 N–H and O–H groups in total. The fraction of sp³-hybridized carbons (Fsp3) is 0.417. The van der Waals surface area contributed by atoms with Crippen molar-refractivity contribution in [1.82, 2.24) is 0 Å². The summed E-state index contributed by atoms with van der Waals surface area (Å²) in [5.41, 5.74) is 3.10. The Balaban J connectivity index is 1.30. The summed E-state index contributed by atoms with van der Waals surface area (Å²) in [6.07, 6.45) is 6.18. The highest BCUT2D eigenvalue weighted by molar-refractivity contribution is 5.95. The molecule has 0 heterocycles. The first kappa shape index (κ1) is 32.2. The number of carboxylic acid groups (broad SMARTS) is 1. The fourth-order valence-electron chi connectivity index (χ4n) is 6.76. The lowest BCUT2D eigenvalue weighted by Crippen LogP contribution is -2.45. The van der Waals surface area contributed by atoms with Gasteiger partial charge in [-0.2, -0.15) is 0 Å². The summed E-state index contributed by atoms with van der Waals surface area (Å²) in [7, 11) is 0. The number of ether oxygens (including phenoxy) is 1. The summed E-state index contributed by atoms with van der Waals surface area (Å²) < 4.78 is 6.15. The Labute approximate surface area is 263 Å². The van der Waals surface area contributed by atoms with Gasteiger partial charge >= 0.3 is 5.97 Å². The zero-order valence-corrected chi connectivity index (χ0v) is 25.6. The van der Waals surface area contributed by atoms with E-state index in [-0.39, 0.29) is 11.8 Å². The Bertz CT molecular complexity index is 1480. The number of anilines is 2. The quantitative estimate of drug-likeness (QED) is 0.167. The minimum atomic E-state index is -1.93. The largest absolute Gasteiger partial charge is 0.481 e. The molecule has 0 radical (unpaired) electrons. The number of nitrogens with one attached hydrogen (secondary N) is 2. The number of hydrogen-bond donors (Lipinski definition) is 5.